The molecule has 2 aromatic heterocycles. The summed E-state index contributed by atoms with van der Waals surface area (Å²) < 4.78 is 1.45. The van der Waals surface area contributed by atoms with Gasteiger partial charge in [0.15, 0.2) is 5.65 Å². The first-order valence-corrected chi connectivity index (χ1v) is 6.78. The van der Waals surface area contributed by atoms with E-state index in [0.717, 1.165) is 31.7 Å². The minimum Gasteiger partial charge on any atom is -0.366 e. The lowest BCUT2D eigenvalue weighted by Gasteiger charge is -2.34. The zero-order chi connectivity index (χ0) is 13.2. The topological polar surface area (TPSA) is 71.2 Å². The van der Waals surface area contributed by atoms with Crippen molar-refractivity contribution in [1.82, 2.24) is 30.2 Å². The molecule has 7 heteroatoms. The van der Waals surface area contributed by atoms with Crippen molar-refractivity contribution in [2.75, 3.05) is 18.4 Å². The van der Waals surface area contributed by atoms with Gasteiger partial charge in [0.25, 0.3) is 0 Å². The summed E-state index contributed by atoms with van der Waals surface area (Å²) in [5, 5.41) is 19.0. The molecule has 0 amide bonds. The molecule has 0 aliphatic carbocycles. The molecule has 1 fully saturated rings. The average molecular weight is 261 g/mol. The standard InChI is InChI=1S/C12H19N7/c1-9(2)18-7-5-10(6-8-18)13-11-3-4-12-14-16-17-19(12)15-11/h3-4,9-10H,5-8H2,1-2H3,(H,13,15). The zero-order valence-corrected chi connectivity index (χ0v) is 11.3. The lowest BCUT2D eigenvalue weighted by atomic mass is 10.0. The highest BCUT2D eigenvalue weighted by atomic mass is 15.6. The fraction of sp³-hybridized carbons (Fsp3) is 0.667. The van der Waals surface area contributed by atoms with Crippen LogP contribution < -0.4 is 5.32 Å². The molecule has 0 saturated carbocycles. The molecule has 2 aromatic rings. The average Bonchev–Trinajstić information content (AvgIpc) is 2.87. The molecule has 0 atom stereocenters. The Labute approximate surface area is 112 Å². The Kier molecular flexibility index (Phi) is 3.29. The summed E-state index contributed by atoms with van der Waals surface area (Å²) in [5.41, 5.74) is 0.667. The van der Waals surface area contributed by atoms with Gasteiger partial charge in [-0.15, -0.1) is 14.8 Å². The first kappa shape index (κ1) is 12.3. The van der Waals surface area contributed by atoms with E-state index in [1.165, 1.54) is 4.63 Å². The lowest BCUT2D eigenvalue weighted by molar-refractivity contribution is 0.177. The summed E-state index contributed by atoms with van der Waals surface area (Å²) in [6, 6.07) is 4.92. The molecule has 1 N–H and O–H groups in total. The first-order chi connectivity index (χ1) is 9.22. The largest absolute Gasteiger partial charge is 0.366 e. The predicted molar refractivity (Wildman–Crippen MR) is 71.9 cm³/mol. The van der Waals surface area contributed by atoms with Crippen LogP contribution in [0.25, 0.3) is 5.65 Å². The Hall–Kier alpha value is -1.76. The third kappa shape index (κ3) is 2.65. The van der Waals surface area contributed by atoms with Crippen molar-refractivity contribution >= 4 is 11.5 Å². The van der Waals surface area contributed by atoms with Crippen LogP contribution in [0.5, 0.6) is 0 Å². The van der Waals surface area contributed by atoms with E-state index in [-0.39, 0.29) is 0 Å². The Balaban J connectivity index is 1.62. The number of hydrogen-bond acceptors (Lipinski definition) is 6. The molecule has 0 bridgehead atoms. The Morgan fingerprint density at radius 1 is 1.26 bits per heavy atom. The van der Waals surface area contributed by atoms with Gasteiger partial charge in [-0.3, -0.25) is 0 Å². The number of fused-ring (bicyclic) bond motifs is 1. The summed E-state index contributed by atoms with van der Waals surface area (Å²) in [5.74, 6) is 0.836. The molecule has 19 heavy (non-hydrogen) atoms. The van der Waals surface area contributed by atoms with Crippen molar-refractivity contribution in [2.24, 2.45) is 0 Å². The summed E-state index contributed by atoms with van der Waals surface area (Å²) in [6.07, 6.45) is 2.29. The normalized spacial score (nSPS) is 18.3. The SMILES string of the molecule is CC(C)N1CCC(Nc2ccc3nnnn3n2)CC1. The van der Waals surface area contributed by atoms with Gasteiger partial charge in [-0.1, -0.05) is 0 Å². The van der Waals surface area contributed by atoms with Gasteiger partial charge in [0.2, 0.25) is 0 Å². The molecule has 0 spiro atoms. The molecule has 102 valence electrons. The second-order valence-corrected chi connectivity index (χ2v) is 5.29. The number of anilines is 1. The van der Waals surface area contributed by atoms with Gasteiger partial charge in [0, 0.05) is 25.2 Å². The zero-order valence-electron chi connectivity index (χ0n) is 11.3. The van der Waals surface area contributed by atoms with Gasteiger partial charge in [-0.05, 0) is 49.2 Å². The van der Waals surface area contributed by atoms with Crippen LogP contribution >= 0.6 is 0 Å². The van der Waals surface area contributed by atoms with E-state index in [1.807, 2.05) is 12.1 Å². The Bertz CT molecular complexity index is 542. The fourth-order valence-electron chi connectivity index (χ4n) is 2.50. The Morgan fingerprint density at radius 2 is 2.05 bits per heavy atom. The van der Waals surface area contributed by atoms with Crippen molar-refractivity contribution < 1.29 is 0 Å². The molecule has 0 aromatic carbocycles. The highest BCUT2D eigenvalue weighted by Gasteiger charge is 2.20. The van der Waals surface area contributed by atoms with E-state index in [2.05, 4.69) is 44.7 Å². The van der Waals surface area contributed by atoms with Gasteiger partial charge in [-0.25, -0.2) is 0 Å². The molecule has 7 nitrogen and oxygen atoms in total. The number of likely N-dealkylation sites (tertiary alicyclic amines) is 1. The number of nitrogens with zero attached hydrogens (tertiary/aromatic N) is 6. The second-order valence-electron chi connectivity index (χ2n) is 5.29. The first-order valence-electron chi connectivity index (χ1n) is 6.78. The van der Waals surface area contributed by atoms with Gasteiger partial charge in [0.1, 0.15) is 5.82 Å². The minimum atomic E-state index is 0.483. The molecule has 0 unspecified atom stereocenters. The van der Waals surface area contributed by atoms with Gasteiger partial charge < -0.3 is 10.2 Å². The molecule has 3 heterocycles. The van der Waals surface area contributed by atoms with Gasteiger partial charge in [0.05, 0.1) is 0 Å². The van der Waals surface area contributed by atoms with Gasteiger partial charge >= 0.3 is 0 Å². The number of hydrogen-bond donors (Lipinski definition) is 1. The minimum absolute atomic E-state index is 0.483. The Morgan fingerprint density at radius 3 is 2.79 bits per heavy atom. The maximum atomic E-state index is 4.34. The van der Waals surface area contributed by atoms with Crippen LogP contribution in [0.4, 0.5) is 5.82 Å². The highest BCUT2D eigenvalue weighted by Crippen LogP contribution is 2.16. The summed E-state index contributed by atoms with van der Waals surface area (Å²) in [4.78, 5) is 2.51. The molecular formula is C12H19N7. The maximum absolute atomic E-state index is 4.34. The van der Waals surface area contributed by atoms with E-state index in [4.69, 9.17) is 0 Å². The van der Waals surface area contributed by atoms with Crippen LogP contribution in [-0.4, -0.2) is 55.3 Å². The van der Waals surface area contributed by atoms with E-state index in [0.29, 0.717) is 17.7 Å². The molecule has 1 saturated heterocycles. The van der Waals surface area contributed by atoms with Crippen molar-refractivity contribution in [3.8, 4) is 0 Å². The van der Waals surface area contributed by atoms with E-state index < -0.39 is 0 Å². The summed E-state index contributed by atoms with van der Waals surface area (Å²) in [6.45, 7) is 6.78. The number of nitrogens with one attached hydrogen (secondary N) is 1. The number of aromatic nitrogens is 5. The highest BCUT2D eigenvalue weighted by molar-refractivity contribution is 5.42. The quantitative estimate of drug-likeness (QED) is 0.881. The monoisotopic (exact) mass is 261 g/mol. The molecule has 1 aliphatic rings. The number of piperidine rings is 1. The third-order valence-electron chi connectivity index (χ3n) is 3.68. The third-order valence-corrected chi connectivity index (χ3v) is 3.68. The number of tetrazole rings is 1. The molecule has 1 aliphatic heterocycles. The van der Waals surface area contributed by atoms with Crippen molar-refractivity contribution in [1.29, 1.82) is 0 Å². The van der Waals surface area contributed by atoms with E-state index >= 15 is 0 Å². The summed E-state index contributed by atoms with van der Waals surface area (Å²) >= 11 is 0. The fourth-order valence-corrected chi connectivity index (χ4v) is 2.50. The van der Waals surface area contributed by atoms with Crippen LogP contribution in [0.1, 0.15) is 26.7 Å². The van der Waals surface area contributed by atoms with E-state index in [9.17, 15) is 0 Å². The predicted octanol–water partition coefficient (Wildman–Crippen LogP) is 0.804. The molecule has 0 radical (unpaired) electrons. The van der Waals surface area contributed by atoms with Crippen molar-refractivity contribution in [3.63, 3.8) is 0 Å². The van der Waals surface area contributed by atoms with Crippen molar-refractivity contribution in [2.45, 2.75) is 38.8 Å². The number of rotatable bonds is 3. The summed E-state index contributed by atoms with van der Waals surface area (Å²) in [7, 11) is 0. The lowest BCUT2D eigenvalue weighted by Crippen LogP contribution is -2.42. The van der Waals surface area contributed by atoms with Crippen LogP contribution in [-0.2, 0) is 0 Å². The second kappa shape index (κ2) is 5.08. The molecular weight excluding hydrogens is 242 g/mol. The van der Waals surface area contributed by atoms with E-state index in [1.54, 1.807) is 0 Å². The van der Waals surface area contributed by atoms with Crippen LogP contribution in [0.3, 0.4) is 0 Å². The van der Waals surface area contributed by atoms with Gasteiger partial charge in [-0.2, -0.15) is 0 Å². The smallest absolute Gasteiger partial charge is 0.200 e. The molecule has 3 rings (SSSR count). The van der Waals surface area contributed by atoms with Crippen molar-refractivity contribution in [3.05, 3.63) is 12.1 Å². The maximum Gasteiger partial charge on any atom is 0.200 e. The van der Waals surface area contributed by atoms with Crippen LogP contribution in [0, 0.1) is 0 Å². The van der Waals surface area contributed by atoms with Crippen LogP contribution in [0.15, 0.2) is 12.1 Å². The van der Waals surface area contributed by atoms with Crippen LogP contribution in [0.2, 0.25) is 0 Å².